The number of rotatable bonds is 2. The number of nitrogens with zero attached hydrogens (tertiary/aromatic N) is 5. The van der Waals surface area contributed by atoms with Crippen LogP contribution >= 0.6 is 0 Å². The van der Waals surface area contributed by atoms with Gasteiger partial charge in [0.2, 0.25) is 5.65 Å². The number of β-amino-alcohol motifs (C(OH)–C–C–N with tert-alkyl or cyclic N) is 1. The van der Waals surface area contributed by atoms with E-state index < -0.39 is 23.8 Å². The monoisotopic (exact) mass is 317 g/mol. The van der Waals surface area contributed by atoms with Crippen molar-refractivity contribution in [3.63, 3.8) is 0 Å². The first-order valence-corrected chi connectivity index (χ1v) is 7.17. The van der Waals surface area contributed by atoms with E-state index in [-0.39, 0.29) is 18.5 Å². The molecule has 1 saturated heterocycles. The highest BCUT2D eigenvalue weighted by Gasteiger charge is 2.36. The van der Waals surface area contributed by atoms with Gasteiger partial charge in [-0.05, 0) is 24.6 Å². The largest absolute Gasteiger partial charge is 0.391 e. The third-order valence-corrected chi connectivity index (χ3v) is 4.07. The van der Waals surface area contributed by atoms with E-state index in [1.165, 1.54) is 6.33 Å². The second kappa shape index (κ2) is 5.24. The van der Waals surface area contributed by atoms with E-state index in [0.29, 0.717) is 11.5 Å². The normalized spacial score (nSPS) is 21.3. The van der Waals surface area contributed by atoms with Crippen molar-refractivity contribution in [1.82, 2.24) is 19.6 Å². The van der Waals surface area contributed by atoms with Crippen LogP contribution < -0.4 is 4.90 Å². The van der Waals surface area contributed by atoms with Crippen LogP contribution in [0.4, 0.5) is 14.6 Å². The second-order valence-corrected chi connectivity index (χ2v) is 5.54. The zero-order chi connectivity index (χ0) is 16.0. The number of aliphatic hydroxyl groups excluding tert-OH is 1. The zero-order valence-corrected chi connectivity index (χ0v) is 12.0. The van der Waals surface area contributed by atoms with Crippen LogP contribution in [-0.2, 0) is 0 Å². The standard InChI is InChI=1S/C15H13F2N5O/c16-9-1-2-12(17)11(5-9)13-6-10(23)7-22(13)14-15-20-19-8-21(15)4-3-18-14/h1-5,8,10,13,23H,6-7H2. The Kier molecular flexibility index (Phi) is 3.19. The van der Waals surface area contributed by atoms with E-state index in [9.17, 15) is 13.9 Å². The highest BCUT2D eigenvalue weighted by molar-refractivity contribution is 5.65. The van der Waals surface area contributed by atoms with E-state index in [2.05, 4.69) is 15.2 Å². The first-order chi connectivity index (χ1) is 11.1. The van der Waals surface area contributed by atoms with Gasteiger partial charge in [0.15, 0.2) is 5.82 Å². The molecule has 0 amide bonds. The summed E-state index contributed by atoms with van der Waals surface area (Å²) in [5.41, 5.74) is 0.702. The fraction of sp³-hybridized carbons (Fsp3) is 0.267. The summed E-state index contributed by atoms with van der Waals surface area (Å²) in [4.78, 5) is 6.04. The number of anilines is 1. The lowest BCUT2D eigenvalue weighted by Crippen LogP contribution is -2.26. The van der Waals surface area contributed by atoms with E-state index in [1.807, 2.05) is 0 Å². The molecule has 1 aliphatic heterocycles. The summed E-state index contributed by atoms with van der Waals surface area (Å²) < 4.78 is 29.4. The van der Waals surface area contributed by atoms with Gasteiger partial charge in [0.25, 0.3) is 0 Å². The Balaban J connectivity index is 1.83. The molecule has 2 atom stereocenters. The van der Waals surface area contributed by atoms with Crippen LogP contribution in [0.2, 0.25) is 0 Å². The van der Waals surface area contributed by atoms with Crippen LogP contribution in [0.25, 0.3) is 5.65 Å². The van der Waals surface area contributed by atoms with Crippen LogP contribution in [-0.4, -0.2) is 37.3 Å². The lowest BCUT2D eigenvalue weighted by Gasteiger charge is -2.26. The lowest BCUT2D eigenvalue weighted by atomic mass is 10.0. The average Bonchev–Trinajstić information content (AvgIpc) is 3.15. The molecule has 0 radical (unpaired) electrons. The Morgan fingerprint density at radius 2 is 2.13 bits per heavy atom. The van der Waals surface area contributed by atoms with Crippen molar-refractivity contribution >= 4 is 11.5 Å². The van der Waals surface area contributed by atoms with Gasteiger partial charge in [-0.25, -0.2) is 13.8 Å². The molecule has 0 aliphatic carbocycles. The molecule has 118 valence electrons. The van der Waals surface area contributed by atoms with Crippen LogP contribution in [0.1, 0.15) is 18.0 Å². The molecule has 2 aromatic heterocycles. The number of aromatic nitrogens is 4. The minimum atomic E-state index is -0.660. The molecular formula is C15H13F2N5O. The van der Waals surface area contributed by atoms with Gasteiger partial charge in [-0.1, -0.05) is 0 Å². The summed E-state index contributed by atoms with van der Waals surface area (Å²) in [5.74, 6) is -0.546. The first kappa shape index (κ1) is 14.0. The molecule has 23 heavy (non-hydrogen) atoms. The molecule has 8 heteroatoms. The molecule has 1 aliphatic rings. The Hall–Kier alpha value is -2.61. The molecule has 1 aromatic carbocycles. The maximum Gasteiger partial charge on any atom is 0.203 e. The van der Waals surface area contributed by atoms with Gasteiger partial charge in [-0.15, -0.1) is 10.2 Å². The number of aliphatic hydroxyl groups is 1. The number of hydrogen-bond donors (Lipinski definition) is 1. The van der Waals surface area contributed by atoms with Gasteiger partial charge in [0.05, 0.1) is 12.1 Å². The van der Waals surface area contributed by atoms with Gasteiger partial charge < -0.3 is 10.0 Å². The molecule has 1 fully saturated rings. The van der Waals surface area contributed by atoms with Gasteiger partial charge in [0, 0.05) is 24.5 Å². The van der Waals surface area contributed by atoms with Crippen molar-refractivity contribution in [3.8, 4) is 0 Å². The molecule has 0 saturated carbocycles. The fourth-order valence-corrected chi connectivity index (χ4v) is 3.06. The fourth-order valence-electron chi connectivity index (χ4n) is 3.06. The Bertz CT molecular complexity index is 868. The van der Waals surface area contributed by atoms with Crippen LogP contribution in [0.3, 0.4) is 0 Å². The van der Waals surface area contributed by atoms with Crippen molar-refractivity contribution < 1.29 is 13.9 Å². The highest BCUT2D eigenvalue weighted by atomic mass is 19.1. The lowest BCUT2D eigenvalue weighted by molar-refractivity contribution is 0.194. The third kappa shape index (κ3) is 2.31. The molecule has 0 bridgehead atoms. The first-order valence-electron chi connectivity index (χ1n) is 7.17. The summed E-state index contributed by atoms with van der Waals surface area (Å²) in [6, 6.07) is 2.82. The predicted molar refractivity (Wildman–Crippen MR) is 77.9 cm³/mol. The number of fused-ring (bicyclic) bond motifs is 1. The maximum atomic E-state index is 14.2. The molecule has 3 heterocycles. The Morgan fingerprint density at radius 1 is 1.26 bits per heavy atom. The third-order valence-electron chi connectivity index (χ3n) is 4.07. The summed E-state index contributed by atoms with van der Waals surface area (Å²) >= 11 is 0. The Labute approximate surface area is 130 Å². The SMILES string of the molecule is OC1CC(c2cc(F)ccc2F)N(c2nccn3cnnc23)C1. The number of halogens is 2. The second-order valence-electron chi connectivity index (χ2n) is 5.54. The van der Waals surface area contributed by atoms with Crippen molar-refractivity contribution in [2.45, 2.75) is 18.6 Å². The highest BCUT2D eigenvalue weighted by Crippen LogP contribution is 2.37. The van der Waals surface area contributed by atoms with Gasteiger partial charge in [-0.2, -0.15) is 0 Å². The van der Waals surface area contributed by atoms with E-state index in [0.717, 1.165) is 18.2 Å². The van der Waals surface area contributed by atoms with Crippen molar-refractivity contribution in [2.24, 2.45) is 0 Å². The molecule has 2 unspecified atom stereocenters. The molecule has 0 spiro atoms. The van der Waals surface area contributed by atoms with Crippen LogP contribution in [0, 0.1) is 11.6 Å². The average molecular weight is 317 g/mol. The number of benzene rings is 1. The minimum absolute atomic E-state index is 0.199. The van der Waals surface area contributed by atoms with Crippen molar-refractivity contribution in [3.05, 3.63) is 54.1 Å². The maximum absolute atomic E-state index is 14.2. The van der Waals surface area contributed by atoms with Crippen LogP contribution in [0.15, 0.2) is 36.9 Å². The molecule has 3 aromatic rings. The molecule has 1 N–H and O–H groups in total. The summed E-state index contributed by atoms with van der Waals surface area (Å²) in [6.07, 6.45) is 4.44. The van der Waals surface area contributed by atoms with Gasteiger partial charge in [-0.3, -0.25) is 4.40 Å². The summed E-state index contributed by atoms with van der Waals surface area (Å²) in [7, 11) is 0. The Morgan fingerprint density at radius 3 is 3.00 bits per heavy atom. The van der Waals surface area contributed by atoms with E-state index >= 15 is 0 Å². The minimum Gasteiger partial charge on any atom is -0.391 e. The molecular weight excluding hydrogens is 304 g/mol. The van der Waals surface area contributed by atoms with Crippen molar-refractivity contribution in [2.75, 3.05) is 11.4 Å². The van der Waals surface area contributed by atoms with Crippen LogP contribution in [0.5, 0.6) is 0 Å². The molecule has 4 rings (SSSR count). The summed E-state index contributed by atoms with van der Waals surface area (Å²) in [6.45, 7) is 0.264. The predicted octanol–water partition coefficient (Wildman–Crippen LogP) is 1.71. The van der Waals surface area contributed by atoms with Gasteiger partial charge >= 0.3 is 0 Å². The van der Waals surface area contributed by atoms with E-state index in [1.54, 1.807) is 21.7 Å². The quantitative estimate of drug-likeness (QED) is 0.779. The van der Waals surface area contributed by atoms with E-state index in [4.69, 9.17) is 0 Å². The van der Waals surface area contributed by atoms with Crippen molar-refractivity contribution in [1.29, 1.82) is 0 Å². The summed E-state index contributed by atoms with van der Waals surface area (Å²) in [5, 5.41) is 17.9. The zero-order valence-electron chi connectivity index (χ0n) is 12.0. The number of hydrogen-bond acceptors (Lipinski definition) is 5. The van der Waals surface area contributed by atoms with Gasteiger partial charge in [0.1, 0.15) is 18.0 Å². The smallest absolute Gasteiger partial charge is 0.203 e. The molecule has 6 nitrogen and oxygen atoms in total. The topological polar surface area (TPSA) is 66.5 Å².